The van der Waals surface area contributed by atoms with Crippen LogP contribution in [0.25, 0.3) is 28.3 Å². The molecule has 0 spiro atoms. The first-order valence-electron chi connectivity index (χ1n) is 11.8. The Labute approximate surface area is 192 Å². The van der Waals surface area contributed by atoms with Crippen molar-refractivity contribution in [3.05, 3.63) is 60.2 Å². The fraction of sp³-hybridized carbons (Fsp3) is 0.346. The molecular weight excluding hydrogens is 415 g/mol. The van der Waals surface area contributed by atoms with E-state index in [9.17, 15) is 4.39 Å². The van der Waals surface area contributed by atoms with Crippen LogP contribution in [0.3, 0.4) is 0 Å². The molecule has 0 radical (unpaired) electrons. The molecule has 7 heteroatoms. The van der Waals surface area contributed by atoms with Crippen LogP contribution in [0.5, 0.6) is 0 Å². The number of hydrogen-bond donors (Lipinski definition) is 2. The summed E-state index contributed by atoms with van der Waals surface area (Å²) in [5.74, 6) is 0.379. The number of nitrogens with one attached hydrogen (secondary N) is 2. The van der Waals surface area contributed by atoms with Gasteiger partial charge in [0.2, 0.25) is 5.95 Å². The van der Waals surface area contributed by atoms with Gasteiger partial charge in [0.15, 0.2) is 0 Å². The van der Waals surface area contributed by atoms with E-state index in [4.69, 9.17) is 9.97 Å². The Bertz CT molecular complexity index is 1300. The van der Waals surface area contributed by atoms with Gasteiger partial charge >= 0.3 is 0 Å². The number of hydrogen-bond acceptors (Lipinski definition) is 5. The molecule has 0 saturated heterocycles. The Kier molecular flexibility index (Phi) is 4.97. The van der Waals surface area contributed by atoms with E-state index in [0.29, 0.717) is 18.0 Å². The zero-order valence-corrected chi connectivity index (χ0v) is 18.7. The molecular formula is C26H27FN6. The summed E-state index contributed by atoms with van der Waals surface area (Å²) in [4.78, 5) is 14.4. The van der Waals surface area contributed by atoms with E-state index in [0.717, 1.165) is 52.4 Å². The maximum atomic E-state index is 13.7. The molecule has 0 aliphatic heterocycles. The molecule has 4 aromatic rings. The molecule has 0 unspecified atom stereocenters. The van der Waals surface area contributed by atoms with Gasteiger partial charge in [-0.3, -0.25) is 4.40 Å². The van der Waals surface area contributed by atoms with Crippen molar-refractivity contribution in [2.45, 2.75) is 57.5 Å². The Morgan fingerprint density at radius 1 is 0.939 bits per heavy atom. The quantitative estimate of drug-likeness (QED) is 0.393. The van der Waals surface area contributed by atoms with Crippen molar-refractivity contribution >= 4 is 17.3 Å². The Morgan fingerprint density at radius 3 is 2.45 bits per heavy atom. The predicted octanol–water partition coefficient (Wildman–Crippen LogP) is 5.83. The average molecular weight is 443 g/mol. The van der Waals surface area contributed by atoms with Gasteiger partial charge in [0.1, 0.15) is 11.5 Å². The molecule has 3 heterocycles. The molecule has 2 aliphatic rings. The second-order valence-corrected chi connectivity index (χ2v) is 9.23. The standard InChI is InChI=1S/C26H27FN6/c1-16-14-21(29-20-10-11-20)15-33-24(23(32-25(16)33)17-6-8-18(27)9-7-17)22-12-13-28-26(31-22)30-19-4-2-3-5-19/h6-9,12-15,19-20,29H,2-5,10-11H2,1H3,(H,28,30,31). The Morgan fingerprint density at radius 2 is 1.70 bits per heavy atom. The van der Waals surface area contributed by atoms with Crippen LogP contribution in [0.4, 0.5) is 16.0 Å². The van der Waals surface area contributed by atoms with Crippen LogP contribution >= 0.6 is 0 Å². The summed E-state index contributed by atoms with van der Waals surface area (Å²) in [5, 5.41) is 7.10. The SMILES string of the molecule is Cc1cc(NC2CC2)cn2c(-c3ccnc(NC4CCCC4)n3)c(-c3ccc(F)cc3)nc12. The van der Waals surface area contributed by atoms with E-state index in [2.05, 4.69) is 39.2 Å². The number of fused-ring (bicyclic) bond motifs is 1. The van der Waals surface area contributed by atoms with E-state index >= 15 is 0 Å². The molecule has 2 saturated carbocycles. The van der Waals surface area contributed by atoms with Gasteiger partial charge < -0.3 is 10.6 Å². The van der Waals surface area contributed by atoms with E-state index in [1.807, 2.05) is 6.07 Å². The minimum atomic E-state index is -0.263. The number of aromatic nitrogens is 4. The highest BCUT2D eigenvalue weighted by Crippen LogP contribution is 2.35. The van der Waals surface area contributed by atoms with Crippen molar-refractivity contribution in [2.24, 2.45) is 0 Å². The molecule has 0 amide bonds. The first-order chi connectivity index (χ1) is 16.1. The van der Waals surface area contributed by atoms with Crippen molar-refractivity contribution in [1.82, 2.24) is 19.4 Å². The smallest absolute Gasteiger partial charge is 0.223 e. The van der Waals surface area contributed by atoms with Gasteiger partial charge in [-0.15, -0.1) is 0 Å². The third-order valence-electron chi connectivity index (χ3n) is 6.56. The number of nitrogens with zero attached hydrogens (tertiary/aromatic N) is 4. The second kappa shape index (κ2) is 8.14. The minimum Gasteiger partial charge on any atom is -0.381 e. The third-order valence-corrected chi connectivity index (χ3v) is 6.56. The normalized spacial score (nSPS) is 16.4. The number of rotatable bonds is 6. The minimum absolute atomic E-state index is 0.263. The summed E-state index contributed by atoms with van der Waals surface area (Å²) in [6.07, 6.45) is 11.1. The first kappa shape index (κ1) is 20.1. The number of aryl methyl sites for hydroxylation is 1. The van der Waals surface area contributed by atoms with Gasteiger partial charge in [0, 0.05) is 30.0 Å². The summed E-state index contributed by atoms with van der Waals surface area (Å²) >= 11 is 0. The lowest BCUT2D eigenvalue weighted by molar-refractivity contribution is 0.628. The lowest BCUT2D eigenvalue weighted by Gasteiger charge is -2.13. The molecule has 3 aromatic heterocycles. The van der Waals surface area contributed by atoms with Crippen molar-refractivity contribution in [3.8, 4) is 22.6 Å². The number of pyridine rings is 1. The van der Waals surface area contributed by atoms with Crippen LogP contribution < -0.4 is 10.6 Å². The van der Waals surface area contributed by atoms with Crippen LogP contribution in [0.2, 0.25) is 0 Å². The number of anilines is 2. The highest BCUT2D eigenvalue weighted by molar-refractivity contribution is 5.82. The average Bonchev–Trinajstić information content (AvgIpc) is 3.31. The van der Waals surface area contributed by atoms with E-state index in [1.54, 1.807) is 18.3 Å². The first-order valence-corrected chi connectivity index (χ1v) is 11.8. The van der Waals surface area contributed by atoms with Crippen molar-refractivity contribution in [1.29, 1.82) is 0 Å². The molecule has 2 fully saturated rings. The van der Waals surface area contributed by atoms with Gasteiger partial charge in [-0.25, -0.2) is 19.3 Å². The molecule has 6 nitrogen and oxygen atoms in total. The summed E-state index contributed by atoms with van der Waals surface area (Å²) in [6, 6.07) is 11.5. The van der Waals surface area contributed by atoms with E-state index in [1.165, 1.54) is 37.8 Å². The number of halogens is 1. The summed E-state index contributed by atoms with van der Waals surface area (Å²) in [7, 11) is 0. The zero-order valence-electron chi connectivity index (χ0n) is 18.7. The van der Waals surface area contributed by atoms with Crippen LogP contribution in [0, 0.1) is 12.7 Å². The Balaban J connectivity index is 1.51. The maximum Gasteiger partial charge on any atom is 0.223 e. The van der Waals surface area contributed by atoms with Crippen LogP contribution in [-0.4, -0.2) is 31.4 Å². The highest BCUT2D eigenvalue weighted by atomic mass is 19.1. The van der Waals surface area contributed by atoms with E-state index < -0.39 is 0 Å². The lowest BCUT2D eigenvalue weighted by atomic mass is 10.1. The van der Waals surface area contributed by atoms with Crippen LogP contribution in [-0.2, 0) is 0 Å². The predicted molar refractivity (Wildman–Crippen MR) is 129 cm³/mol. The zero-order chi connectivity index (χ0) is 22.4. The van der Waals surface area contributed by atoms with Gasteiger partial charge in [0.05, 0.1) is 22.8 Å². The fourth-order valence-corrected chi connectivity index (χ4v) is 4.72. The van der Waals surface area contributed by atoms with E-state index in [-0.39, 0.29) is 5.82 Å². The summed E-state index contributed by atoms with van der Waals surface area (Å²) in [6.45, 7) is 2.08. The fourth-order valence-electron chi connectivity index (χ4n) is 4.72. The molecule has 2 N–H and O–H groups in total. The van der Waals surface area contributed by atoms with Crippen LogP contribution in [0.15, 0.2) is 48.8 Å². The van der Waals surface area contributed by atoms with Crippen molar-refractivity contribution < 1.29 is 4.39 Å². The second-order valence-electron chi connectivity index (χ2n) is 9.23. The molecule has 0 atom stereocenters. The van der Waals surface area contributed by atoms with Crippen LogP contribution in [0.1, 0.15) is 44.1 Å². The largest absolute Gasteiger partial charge is 0.381 e. The van der Waals surface area contributed by atoms with Gasteiger partial charge in [0.25, 0.3) is 0 Å². The monoisotopic (exact) mass is 442 g/mol. The molecule has 2 aliphatic carbocycles. The maximum absolute atomic E-state index is 13.7. The van der Waals surface area contributed by atoms with Crippen molar-refractivity contribution in [3.63, 3.8) is 0 Å². The summed E-state index contributed by atoms with van der Waals surface area (Å²) in [5.41, 5.74) is 6.34. The number of imidazole rings is 1. The van der Waals surface area contributed by atoms with Gasteiger partial charge in [-0.05, 0) is 74.6 Å². The topological polar surface area (TPSA) is 67.1 Å². The molecule has 33 heavy (non-hydrogen) atoms. The molecule has 168 valence electrons. The lowest BCUT2D eigenvalue weighted by Crippen LogP contribution is -2.16. The third kappa shape index (κ3) is 4.03. The molecule has 0 bridgehead atoms. The molecule has 1 aromatic carbocycles. The van der Waals surface area contributed by atoms with Gasteiger partial charge in [-0.2, -0.15) is 0 Å². The highest BCUT2D eigenvalue weighted by Gasteiger charge is 2.24. The number of benzene rings is 1. The van der Waals surface area contributed by atoms with Crippen molar-refractivity contribution in [2.75, 3.05) is 10.6 Å². The van der Waals surface area contributed by atoms with Gasteiger partial charge in [-0.1, -0.05) is 12.8 Å². The summed E-state index contributed by atoms with van der Waals surface area (Å²) < 4.78 is 15.8. The molecule has 6 rings (SSSR count). The Hall–Kier alpha value is -3.48.